The molecule has 0 spiro atoms. The zero-order chi connectivity index (χ0) is 22.2. The van der Waals surface area contributed by atoms with E-state index in [1.807, 2.05) is 35.3 Å². The molecule has 8 nitrogen and oxygen atoms in total. The maximum atomic E-state index is 11.8. The minimum Gasteiger partial charge on any atom is -0.465 e. The lowest BCUT2D eigenvalue weighted by Gasteiger charge is -2.38. The van der Waals surface area contributed by atoms with Gasteiger partial charge in [0.15, 0.2) is 0 Å². The molecule has 160 valence electrons. The lowest BCUT2D eigenvalue weighted by atomic mass is 9.95. The largest absolute Gasteiger partial charge is 0.465 e. The number of methoxy groups -OCH3 is 1. The monoisotopic (exact) mass is 429 g/mol. The van der Waals surface area contributed by atoms with Crippen molar-refractivity contribution in [3.8, 4) is 5.75 Å². The van der Waals surface area contributed by atoms with Crippen molar-refractivity contribution in [2.24, 2.45) is 5.10 Å². The molecule has 0 radical (unpaired) electrons. The molecule has 0 saturated heterocycles. The number of benzene rings is 3. The van der Waals surface area contributed by atoms with Crippen LogP contribution in [0.15, 0.2) is 77.9 Å². The van der Waals surface area contributed by atoms with Gasteiger partial charge in [0.25, 0.3) is 5.69 Å². The van der Waals surface area contributed by atoms with E-state index >= 15 is 0 Å². The van der Waals surface area contributed by atoms with Crippen LogP contribution in [0.4, 0.5) is 5.69 Å². The second-order valence-corrected chi connectivity index (χ2v) is 7.58. The molecule has 3 aromatic rings. The van der Waals surface area contributed by atoms with Crippen molar-refractivity contribution in [1.82, 2.24) is 5.01 Å². The summed E-state index contributed by atoms with van der Waals surface area (Å²) in [5, 5.41) is 18.0. The Morgan fingerprint density at radius 2 is 1.88 bits per heavy atom. The highest BCUT2D eigenvalue weighted by Crippen LogP contribution is 2.48. The summed E-state index contributed by atoms with van der Waals surface area (Å²) in [6, 6.07) is 21.2. The van der Waals surface area contributed by atoms with Gasteiger partial charge in [-0.3, -0.25) is 10.1 Å². The molecule has 0 aliphatic carbocycles. The SMILES string of the molecule is COC(=O)c1ccc([C@@H]2Oc3ccc([N+](=O)[O-])cc3[C@H]3CC(c4ccccc4)=NN32)cc1. The van der Waals surface area contributed by atoms with Crippen LogP contribution in [0.2, 0.25) is 0 Å². The summed E-state index contributed by atoms with van der Waals surface area (Å²) >= 11 is 0. The van der Waals surface area contributed by atoms with E-state index in [1.165, 1.54) is 13.2 Å². The number of esters is 1. The maximum absolute atomic E-state index is 11.8. The molecule has 0 bridgehead atoms. The van der Waals surface area contributed by atoms with Gasteiger partial charge in [0.2, 0.25) is 6.23 Å². The Balaban J connectivity index is 1.57. The number of carbonyl (C=O) groups excluding carboxylic acids is 1. The first-order chi connectivity index (χ1) is 15.5. The van der Waals surface area contributed by atoms with Crippen LogP contribution in [0.25, 0.3) is 0 Å². The Hall–Kier alpha value is -4.20. The number of nitro groups is 1. The van der Waals surface area contributed by atoms with Gasteiger partial charge in [-0.2, -0.15) is 5.10 Å². The molecule has 0 N–H and O–H groups in total. The van der Waals surface area contributed by atoms with Crippen LogP contribution in [0.5, 0.6) is 5.75 Å². The van der Waals surface area contributed by atoms with Gasteiger partial charge in [-0.15, -0.1) is 0 Å². The Morgan fingerprint density at radius 3 is 2.56 bits per heavy atom. The van der Waals surface area contributed by atoms with Crippen LogP contribution in [0, 0.1) is 10.1 Å². The molecule has 0 saturated carbocycles. The standard InChI is InChI=1S/C24H19N3O5/c1-31-24(28)17-9-7-16(8-10-17)23-26-21(14-20(25-26)15-5-3-2-4-6-15)19-13-18(27(29)30)11-12-22(19)32-23/h2-13,21,23H,14H2,1H3/t21-,23+/m1/s1. The van der Waals surface area contributed by atoms with E-state index in [4.69, 9.17) is 14.6 Å². The number of carbonyl (C=O) groups is 1. The average molecular weight is 429 g/mol. The predicted molar refractivity (Wildman–Crippen MR) is 116 cm³/mol. The number of fused-ring (bicyclic) bond motifs is 3. The molecule has 0 unspecified atom stereocenters. The van der Waals surface area contributed by atoms with Crippen LogP contribution in [-0.4, -0.2) is 28.7 Å². The van der Waals surface area contributed by atoms with E-state index in [9.17, 15) is 14.9 Å². The van der Waals surface area contributed by atoms with Crippen molar-refractivity contribution >= 4 is 17.4 Å². The zero-order valence-electron chi connectivity index (χ0n) is 17.2. The van der Waals surface area contributed by atoms with Crippen LogP contribution in [0.1, 0.15) is 45.7 Å². The Morgan fingerprint density at radius 1 is 1.12 bits per heavy atom. The van der Waals surface area contributed by atoms with Gasteiger partial charge < -0.3 is 9.47 Å². The molecule has 5 rings (SSSR count). The van der Waals surface area contributed by atoms with Crippen LogP contribution < -0.4 is 4.74 Å². The number of hydrogen-bond acceptors (Lipinski definition) is 7. The van der Waals surface area contributed by atoms with E-state index in [-0.39, 0.29) is 11.7 Å². The number of hydrazone groups is 1. The van der Waals surface area contributed by atoms with E-state index in [1.54, 1.807) is 36.4 Å². The number of non-ortho nitro benzene ring substituents is 1. The molecule has 0 fully saturated rings. The molecule has 0 aromatic heterocycles. The summed E-state index contributed by atoms with van der Waals surface area (Å²) in [6.07, 6.45) is 0.0556. The van der Waals surface area contributed by atoms with Gasteiger partial charge in [-0.25, -0.2) is 9.80 Å². The fourth-order valence-corrected chi connectivity index (χ4v) is 4.11. The first-order valence-corrected chi connectivity index (χ1v) is 10.1. The number of nitro benzene ring substituents is 1. The second kappa shape index (κ2) is 7.81. The minimum atomic E-state index is -0.540. The quantitative estimate of drug-likeness (QED) is 0.341. The molecule has 8 heteroatoms. The Kier molecular flexibility index (Phi) is 4.82. The molecule has 32 heavy (non-hydrogen) atoms. The molecule has 2 aliphatic heterocycles. The van der Waals surface area contributed by atoms with E-state index < -0.39 is 17.1 Å². The summed E-state index contributed by atoms with van der Waals surface area (Å²) in [7, 11) is 1.34. The second-order valence-electron chi connectivity index (χ2n) is 7.58. The predicted octanol–water partition coefficient (Wildman–Crippen LogP) is 4.62. The van der Waals surface area contributed by atoms with Crippen molar-refractivity contribution in [2.45, 2.75) is 18.7 Å². The summed E-state index contributed by atoms with van der Waals surface area (Å²) in [5.74, 6) is 0.172. The van der Waals surface area contributed by atoms with E-state index in [0.29, 0.717) is 17.7 Å². The molecular weight excluding hydrogens is 410 g/mol. The van der Waals surface area contributed by atoms with Crippen molar-refractivity contribution in [1.29, 1.82) is 0 Å². The molecule has 2 aliphatic rings. The van der Waals surface area contributed by atoms with Gasteiger partial charge >= 0.3 is 5.97 Å². The average Bonchev–Trinajstić information content (AvgIpc) is 3.29. The van der Waals surface area contributed by atoms with Gasteiger partial charge in [0.05, 0.1) is 29.4 Å². The van der Waals surface area contributed by atoms with Gasteiger partial charge in [0, 0.05) is 29.7 Å². The molecular formula is C24H19N3O5. The summed E-state index contributed by atoms with van der Waals surface area (Å²) in [5.41, 5.74) is 3.88. The number of ether oxygens (including phenoxy) is 2. The van der Waals surface area contributed by atoms with Gasteiger partial charge in [-0.05, 0) is 23.8 Å². The topological polar surface area (TPSA) is 94.3 Å². The molecule has 3 aromatic carbocycles. The highest BCUT2D eigenvalue weighted by Gasteiger charge is 2.41. The third-order valence-electron chi connectivity index (χ3n) is 5.71. The maximum Gasteiger partial charge on any atom is 0.337 e. The van der Waals surface area contributed by atoms with Crippen LogP contribution >= 0.6 is 0 Å². The van der Waals surface area contributed by atoms with Crippen LogP contribution in [-0.2, 0) is 4.74 Å². The van der Waals surface area contributed by atoms with Gasteiger partial charge in [-0.1, -0.05) is 42.5 Å². The smallest absolute Gasteiger partial charge is 0.337 e. The fourth-order valence-electron chi connectivity index (χ4n) is 4.11. The number of rotatable bonds is 4. The molecule has 0 amide bonds. The molecule has 2 atom stereocenters. The van der Waals surface area contributed by atoms with Crippen molar-refractivity contribution in [3.63, 3.8) is 0 Å². The minimum absolute atomic E-state index is 0.0151. The third-order valence-corrected chi connectivity index (χ3v) is 5.71. The third kappa shape index (κ3) is 3.35. The summed E-state index contributed by atoms with van der Waals surface area (Å²) in [6.45, 7) is 0. The highest BCUT2D eigenvalue weighted by atomic mass is 16.6. The van der Waals surface area contributed by atoms with Crippen molar-refractivity contribution in [2.75, 3.05) is 7.11 Å². The lowest BCUT2D eigenvalue weighted by Crippen LogP contribution is -2.33. The summed E-state index contributed by atoms with van der Waals surface area (Å²) < 4.78 is 11.0. The van der Waals surface area contributed by atoms with E-state index in [0.717, 1.165) is 22.4 Å². The lowest BCUT2D eigenvalue weighted by molar-refractivity contribution is -0.385. The highest BCUT2D eigenvalue weighted by molar-refractivity contribution is 6.02. The van der Waals surface area contributed by atoms with Crippen molar-refractivity contribution in [3.05, 3.63) is 105 Å². The summed E-state index contributed by atoms with van der Waals surface area (Å²) in [4.78, 5) is 22.7. The fraction of sp³-hybridized carbons (Fsp3) is 0.167. The zero-order valence-corrected chi connectivity index (χ0v) is 17.2. The normalized spacial score (nSPS) is 18.8. The Labute approximate surface area is 183 Å². The van der Waals surface area contributed by atoms with Crippen molar-refractivity contribution < 1.29 is 19.2 Å². The molecule has 2 heterocycles. The number of nitrogens with zero attached hydrogens (tertiary/aromatic N) is 3. The first-order valence-electron chi connectivity index (χ1n) is 10.1. The Bertz CT molecular complexity index is 1220. The van der Waals surface area contributed by atoms with E-state index in [2.05, 4.69) is 0 Å². The first kappa shape index (κ1) is 19.7. The van der Waals surface area contributed by atoms with Crippen LogP contribution in [0.3, 0.4) is 0 Å². The van der Waals surface area contributed by atoms with Gasteiger partial charge in [0.1, 0.15) is 5.75 Å². The number of hydrogen-bond donors (Lipinski definition) is 0.